The van der Waals surface area contributed by atoms with Gasteiger partial charge in [0.15, 0.2) is 11.3 Å². The van der Waals surface area contributed by atoms with Crippen molar-refractivity contribution < 1.29 is 4.79 Å². The molecule has 0 saturated carbocycles. The first-order valence-electron chi connectivity index (χ1n) is 8.20. The van der Waals surface area contributed by atoms with Crippen LogP contribution in [-0.2, 0) is 13.1 Å². The Morgan fingerprint density at radius 1 is 1.23 bits per heavy atom. The number of carbonyl (C=O) groups is 1. The minimum absolute atomic E-state index is 0.0591. The van der Waals surface area contributed by atoms with Gasteiger partial charge in [-0.25, -0.2) is 9.50 Å². The van der Waals surface area contributed by atoms with E-state index in [4.69, 9.17) is 0 Å². The highest BCUT2D eigenvalue weighted by Crippen LogP contribution is 2.28. The molecule has 5 rings (SSSR count). The lowest BCUT2D eigenvalue weighted by Gasteiger charge is -2.29. The minimum atomic E-state index is -0.0591. The second kappa shape index (κ2) is 6.07. The molecule has 6 nitrogen and oxygen atoms in total. The maximum absolute atomic E-state index is 12.9. The van der Waals surface area contributed by atoms with Crippen LogP contribution >= 0.6 is 27.3 Å². The molecule has 0 atom stereocenters. The molecule has 0 saturated heterocycles. The number of amides is 1. The van der Waals surface area contributed by atoms with Crippen LogP contribution in [0.4, 0.5) is 0 Å². The van der Waals surface area contributed by atoms with E-state index < -0.39 is 0 Å². The Kier molecular flexibility index (Phi) is 3.68. The highest BCUT2D eigenvalue weighted by atomic mass is 79.9. The zero-order valence-electron chi connectivity index (χ0n) is 13.7. The summed E-state index contributed by atoms with van der Waals surface area (Å²) in [6.07, 6.45) is 3.50. The van der Waals surface area contributed by atoms with Crippen LogP contribution in [0.3, 0.4) is 0 Å². The van der Waals surface area contributed by atoms with E-state index in [2.05, 4.69) is 59.5 Å². The molecular formula is C18H14BrN5OS. The standard InChI is InChI=1S/C18H14BrN5OS/c19-13-8-20-17-7-15(21-24(17)9-13)18(25)22-4-5-23-14(10-22)1-2-16(23)12-3-6-26-11-12/h1-3,6-9,11H,4-5,10H2. The Balaban J connectivity index is 1.42. The monoisotopic (exact) mass is 427 g/mol. The van der Waals surface area contributed by atoms with Crippen LogP contribution in [0, 0.1) is 0 Å². The highest BCUT2D eigenvalue weighted by Gasteiger charge is 2.25. The number of rotatable bonds is 2. The van der Waals surface area contributed by atoms with Gasteiger partial charge in [-0.15, -0.1) is 0 Å². The van der Waals surface area contributed by atoms with Gasteiger partial charge in [-0.05, 0) is 39.5 Å². The Hall–Kier alpha value is -2.45. The molecule has 5 heterocycles. The van der Waals surface area contributed by atoms with E-state index in [1.165, 1.54) is 11.3 Å². The summed E-state index contributed by atoms with van der Waals surface area (Å²) >= 11 is 5.07. The summed E-state index contributed by atoms with van der Waals surface area (Å²) in [6, 6.07) is 8.11. The van der Waals surface area contributed by atoms with E-state index in [0.717, 1.165) is 16.7 Å². The van der Waals surface area contributed by atoms with E-state index >= 15 is 0 Å². The fraction of sp³-hybridized carbons (Fsp3) is 0.167. The van der Waals surface area contributed by atoms with E-state index in [-0.39, 0.29) is 5.91 Å². The first-order valence-corrected chi connectivity index (χ1v) is 9.94. The molecule has 0 aliphatic carbocycles. The van der Waals surface area contributed by atoms with Crippen molar-refractivity contribution >= 4 is 38.8 Å². The Bertz CT molecular complexity index is 1110. The Morgan fingerprint density at radius 2 is 2.15 bits per heavy atom. The second-order valence-corrected chi connectivity index (χ2v) is 7.90. The van der Waals surface area contributed by atoms with E-state index in [9.17, 15) is 4.79 Å². The number of nitrogens with zero attached hydrogens (tertiary/aromatic N) is 5. The average Bonchev–Trinajstić information content (AvgIpc) is 3.38. The quantitative estimate of drug-likeness (QED) is 0.490. The highest BCUT2D eigenvalue weighted by molar-refractivity contribution is 9.10. The van der Waals surface area contributed by atoms with Crippen LogP contribution in [-0.4, -0.2) is 36.5 Å². The van der Waals surface area contributed by atoms with Gasteiger partial charge in [0.1, 0.15) is 0 Å². The van der Waals surface area contributed by atoms with Gasteiger partial charge >= 0.3 is 0 Å². The van der Waals surface area contributed by atoms with Crippen molar-refractivity contribution in [2.75, 3.05) is 6.54 Å². The normalized spacial score (nSPS) is 14.0. The molecule has 0 aromatic carbocycles. The van der Waals surface area contributed by atoms with Gasteiger partial charge < -0.3 is 9.47 Å². The van der Waals surface area contributed by atoms with Crippen molar-refractivity contribution in [3.05, 3.63) is 63.3 Å². The van der Waals surface area contributed by atoms with Crippen molar-refractivity contribution in [2.24, 2.45) is 0 Å². The molecule has 0 bridgehead atoms. The van der Waals surface area contributed by atoms with Gasteiger partial charge in [0.2, 0.25) is 0 Å². The van der Waals surface area contributed by atoms with Gasteiger partial charge in [-0.1, -0.05) is 0 Å². The molecule has 4 aromatic rings. The summed E-state index contributed by atoms with van der Waals surface area (Å²) in [6.45, 7) is 2.05. The fourth-order valence-corrected chi connectivity index (χ4v) is 4.31. The number of hydrogen-bond acceptors (Lipinski definition) is 4. The van der Waals surface area contributed by atoms with Crippen molar-refractivity contribution in [1.82, 2.24) is 24.1 Å². The van der Waals surface area contributed by atoms with Gasteiger partial charge in [0.05, 0.1) is 11.0 Å². The van der Waals surface area contributed by atoms with Crippen LogP contribution in [0.15, 0.2) is 51.9 Å². The average molecular weight is 428 g/mol. The van der Waals surface area contributed by atoms with Crippen LogP contribution in [0.1, 0.15) is 16.2 Å². The summed E-state index contributed by atoms with van der Waals surface area (Å²) in [4.78, 5) is 19.0. The zero-order valence-corrected chi connectivity index (χ0v) is 16.1. The predicted molar refractivity (Wildman–Crippen MR) is 103 cm³/mol. The molecule has 0 unspecified atom stereocenters. The van der Waals surface area contributed by atoms with Gasteiger partial charge in [0, 0.05) is 53.9 Å². The SMILES string of the molecule is O=C(c1cc2ncc(Br)cn2n1)N1CCn2c(ccc2-c2ccsc2)C1. The number of hydrogen-bond donors (Lipinski definition) is 0. The van der Waals surface area contributed by atoms with Crippen molar-refractivity contribution in [2.45, 2.75) is 13.1 Å². The zero-order chi connectivity index (χ0) is 17.7. The van der Waals surface area contributed by atoms with E-state index in [1.807, 2.05) is 4.90 Å². The molecular weight excluding hydrogens is 414 g/mol. The van der Waals surface area contributed by atoms with Crippen LogP contribution in [0.5, 0.6) is 0 Å². The third-order valence-electron chi connectivity index (χ3n) is 4.62. The first-order chi connectivity index (χ1) is 12.7. The largest absolute Gasteiger partial charge is 0.341 e. The summed E-state index contributed by atoms with van der Waals surface area (Å²) < 4.78 is 4.75. The van der Waals surface area contributed by atoms with Gasteiger partial charge in [-0.3, -0.25) is 4.79 Å². The summed E-state index contributed by atoms with van der Waals surface area (Å²) in [5.41, 5.74) is 4.69. The first kappa shape index (κ1) is 15.8. The molecule has 0 spiro atoms. The molecule has 4 aromatic heterocycles. The lowest BCUT2D eigenvalue weighted by atomic mass is 10.2. The van der Waals surface area contributed by atoms with Crippen molar-refractivity contribution in [3.8, 4) is 11.3 Å². The topological polar surface area (TPSA) is 55.4 Å². The number of thiophene rings is 1. The summed E-state index contributed by atoms with van der Waals surface area (Å²) in [5, 5.41) is 8.62. The molecule has 1 aliphatic heterocycles. The number of carbonyl (C=O) groups excluding carboxylic acids is 1. The fourth-order valence-electron chi connectivity index (χ4n) is 3.36. The lowest BCUT2D eigenvalue weighted by molar-refractivity contribution is 0.0705. The third kappa shape index (κ3) is 2.57. The van der Waals surface area contributed by atoms with Crippen LogP contribution < -0.4 is 0 Å². The van der Waals surface area contributed by atoms with E-state index in [0.29, 0.717) is 24.4 Å². The third-order valence-corrected chi connectivity index (χ3v) is 5.72. The Labute approximate surface area is 161 Å². The van der Waals surface area contributed by atoms with Gasteiger partial charge in [0.25, 0.3) is 5.91 Å². The maximum atomic E-state index is 12.9. The predicted octanol–water partition coefficient (Wildman–Crippen LogP) is 3.68. The smallest absolute Gasteiger partial charge is 0.274 e. The maximum Gasteiger partial charge on any atom is 0.274 e. The summed E-state index contributed by atoms with van der Waals surface area (Å²) in [7, 11) is 0. The molecule has 26 heavy (non-hydrogen) atoms. The minimum Gasteiger partial charge on any atom is -0.341 e. The Morgan fingerprint density at radius 3 is 3.00 bits per heavy atom. The molecule has 0 radical (unpaired) electrons. The lowest BCUT2D eigenvalue weighted by Crippen LogP contribution is -2.38. The second-order valence-electron chi connectivity index (χ2n) is 6.20. The summed E-state index contributed by atoms with van der Waals surface area (Å²) in [5.74, 6) is -0.0591. The van der Waals surface area contributed by atoms with E-state index in [1.54, 1.807) is 34.3 Å². The van der Waals surface area contributed by atoms with Crippen molar-refractivity contribution in [3.63, 3.8) is 0 Å². The van der Waals surface area contributed by atoms with Crippen LogP contribution in [0.2, 0.25) is 0 Å². The molecule has 130 valence electrons. The number of aromatic nitrogens is 4. The molecule has 0 N–H and O–H groups in total. The molecule has 0 fully saturated rings. The molecule has 8 heteroatoms. The van der Waals surface area contributed by atoms with Gasteiger partial charge in [-0.2, -0.15) is 16.4 Å². The van der Waals surface area contributed by atoms with Crippen LogP contribution in [0.25, 0.3) is 16.9 Å². The molecule has 1 aliphatic rings. The number of halogens is 1. The number of fused-ring (bicyclic) bond motifs is 2. The molecule has 1 amide bonds. The van der Waals surface area contributed by atoms with Crippen molar-refractivity contribution in [1.29, 1.82) is 0 Å².